The zero-order valence-corrected chi connectivity index (χ0v) is 14.0. The molecule has 2 aromatic carbocycles. The van der Waals surface area contributed by atoms with Gasteiger partial charge in [-0.25, -0.2) is 13.1 Å². The smallest absolute Gasteiger partial charge is 0.255 e. The third-order valence-electron chi connectivity index (χ3n) is 3.27. The molecule has 0 saturated heterocycles. The first-order valence-corrected chi connectivity index (χ1v) is 8.73. The fraction of sp³-hybridized carbons (Fsp3) is 0.0588. The largest absolute Gasteiger partial charge is 0.366 e. The van der Waals surface area contributed by atoms with E-state index < -0.39 is 21.8 Å². The van der Waals surface area contributed by atoms with Crippen molar-refractivity contribution in [2.45, 2.75) is 4.90 Å². The highest BCUT2D eigenvalue weighted by Crippen LogP contribution is 2.14. The number of hydrogen-bond donors (Lipinski definition) is 3. The molecular weight excluding hydrogens is 342 g/mol. The van der Waals surface area contributed by atoms with E-state index in [1.165, 1.54) is 42.5 Å². The van der Waals surface area contributed by atoms with E-state index in [1.54, 1.807) is 12.1 Å². The number of sulfonamides is 1. The van der Waals surface area contributed by atoms with Crippen LogP contribution in [0.2, 0.25) is 0 Å². The van der Waals surface area contributed by atoms with Gasteiger partial charge in [-0.3, -0.25) is 9.59 Å². The minimum absolute atomic E-state index is 0.0525. The number of rotatable bonds is 7. The number of primary amides is 1. The van der Waals surface area contributed by atoms with Crippen molar-refractivity contribution in [1.29, 1.82) is 0 Å². The van der Waals surface area contributed by atoms with Gasteiger partial charge in [-0.05, 0) is 48.5 Å². The van der Waals surface area contributed by atoms with Crippen LogP contribution in [-0.2, 0) is 10.0 Å². The molecule has 0 aromatic heterocycles. The Morgan fingerprint density at radius 3 is 2.08 bits per heavy atom. The first kappa shape index (κ1) is 18.4. The molecule has 0 aliphatic heterocycles. The highest BCUT2D eigenvalue weighted by Gasteiger charge is 2.14. The number of nitrogens with two attached hydrogens (primary N) is 1. The maximum atomic E-state index is 12.2. The van der Waals surface area contributed by atoms with Crippen LogP contribution in [0.25, 0.3) is 0 Å². The summed E-state index contributed by atoms with van der Waals surface area (Å²) in [5.74, 6) is -0.963. The van der Waals surface area contributed by atoms with Crippen LogP contribution >= 0.6 is 0 Å². The van der Waals surface area contributed by atoms with Crippen LogP contribution in [0.5, 0.6) is 0 Å². The lowest BCUT2D eigenvalue weighted by atomic mass is 10.2. The molecule has 0 atom stereocenters. The molecule has 0 heterocycles. The van der Waals surface area contributed by atoms with Gasteiger partial charge in [0.05, 0.1) is 4.90 Å². The van der Waals surface area contributed by atoms with Gasteiger partial charge in [0.25, 0.3) is 5.91 Å². The Hall–Kier alpha value is -2.97. The normalized spacial score (nSPS) is 10.9. The Kier molecular flexibility index (Phi) is 5.68. The Bertz CT molecular complexity index is 888. The SMILES string of the molecule is C=CCNS(=O)(=O)c1ccc(C(=O)Nc2ccc(C(N)=O)cc2)cc1. The van der Waals surface area contributed by atoms with Gasteiger partial charge in [0.1, 0.15) is 0 Å². The Morgan fingerprint density at radius 1 is 1.00 bits per heavy atom. The van der Waals surface area contributed by atoms with Gasteiger partial charge >= 0.3 is 0 Å². The van der Waals surface area contributed by atoms with Gasteiger partial charge in [-0.1, -0.05) is 6.08 Å². The van der Waals surface area contributed by atoms with E-state index in [2.05, 4.69) is 16.6 Å². The molecule has 8 heteroatoms. The van der Waals surface area contributed by atoms with Crippen molar-refractivity contribution in [2.24, 2.45) is 5.73 Å². The highest BCUT2D eigenvalue weighted by molar-refractivity contribution is 7.89. The van der Waals surface area contributed by atoms with E-state index in [9.17, 15) is 18.0 Å². The lowest BCUT2D eigenvalue weighted by molar-refractivity contribution is 0.0998. The van der Waals surface area contributed by atoms with Gasteiger partial charge in [0.2, 0.25) is 15.9 Å². The second kappa shape index (κ2) is 7.73. The van der Waals surface area contributed by atoms with Crippen molar-refractivity contribution < 1.29 is 18.0 Å². The summed E-state index contributed by atoms with van der Waals surface area (Å²) in [6.07, 6.45) is 1.43. The minimum Gasteiger partial charge on any atom is -0.366 e. The van der Waals surface area contributed by atoms with Crippen LogP contribution in [-0.4, -0.2) is 26.8 Å². The average molecular weight is 359 g/mol. The minimum atomic E-state index is -3.63. The maximum Gasteiger partial charge on any atom is 0.255 e. The monoisotopic (exact) mass is 359 g/mol. The molecule has 2 aromatic rings. The van der Waals surface area contributed by atoms with E-state index in [-0.39, 0.29) is 11.4 Å². The molecule has 0 radical (unpaired) electrons. The molecule has 0 fully saturated rings. The summed E-state index contributed by atoms with van der Waals surface area (Å²) in [7, 11) is -3.63. The molecule has 0 aliphatic rings. The molecule has 7 nitrogen and oxygen atoms in total. The van der Waals surface area contributed by atoms with Crippen molar-refractivity contribution in [3.63, 3.8) is 0 Å². The summed E-state index contributed by atoms with van der Waals surface area (Å²) in [6.45, 7) is 3.56. The molecule has 0 bridgehead atoms. The molecule has 0 unspecified atom stereocenters. The quantitative estimate of drug-likeness (QED) is 0.649. The van der Waals surface area contributed by atoms with Crippen LogP contribution < -0.4 is 15.8 Å². The first-order valence-electron chi connectivity index (χ1n) is 7.25. The second-order valence-electron chi connectivity index (χ2n) is 5.06. The number of nitrogens with one attached hydrogen (secondary N) is 2. The Balaban J connectivity index is 2.10. The predicted molar refractivity (Wildman–Crippen MR) is 94.7 cm³/mol. The molecule has 2 rings (SSSR count). The number of amides is 2. The summed E-state index contributed by atoms with van der Waals surface area (Å²) < 4.78 is 26.2. The van der Waals surface area contributed by atoms with E-state index in [1.807, 2.05) is 0 Å². The van der Waals surface area contributed by atoms with Gasteiger partial charge in [0, 0.05) is 23.4 Å². The topological polar surface area (TPSA) is 118 Å². The molecule has 4 N–H and O–H groups in total. The number of hydrogen-bond acceptors (Lipinski definition) is 4. The van der Waals surface area contributed by atoms with Crippen molar-refractivity contribution >= 4 is 27.5 Å². The molecule has 0 aliphatic carbocycles. The summed E-state index contributed by atoms with van der Waals surface area (Å²) in [6, 6.07) is 11.6. The fourth-order valence-corrected chi connectivity index (χ4v) is 2.96. The van der Waals surface area contributed by atoms with E-state index in [4.69, 9.17) is 5.73 Å². The fourth-order valence-electron chi connectivity index (χ4n) is 1.96. The second-order valence-corrected chi connectivity index (χ2v) is 6.83. The van der Waals surface area contributed by atoms with E-state index in [0.717, 1.165) is 0 Å². The van der Waals surface area contributed by atoms with Crippen molar-refractivity contribution in [1.82, 2.24) is 4.72 Å². The number of carbonyl (C=O) groups is 2. The van der Waals surface area contributed by atoms with Crippen molar-refractivity contribution in [3.8, 4) is 0 Å². The average Bonchev–Trinajstić information content (AvgIpc) is 2.60. The Labute approximate surface area is 145 Å². The lowest BCUT2D eigenvalue weighted by Crippen LogP contribution is -2.23. The Morgan fingerprint density at radius 2 is 1.56 bits per heavy atom. The standard InChI is InChI=1S/C17H17N3O4S/c1-2-11-19-25(23,24)15-9-5-13(6-10-15)17(22)20-14-7-3-12(4-8-14)16(18)21/h2-10,19H,1,11H2,(H2,18,21)(H,20,22). The van der Waals surface area contributed by atoms with Crippen LogP contribution in [0.15, 0.2) is 66.1 Å². The van der Waals surface area contributed by atoms with E-state index in [0.29, 0.717) is 16.8 Å². The number of anilines is 1. The highest BCUT2D eigenvalue weighted by atomic mass is 32.2. The van der Waals surface area contributed by atoms with Gasteiger partial charge in [-0.15, -0.1) is 6.58 Å². The van der Waals surface area contributed by atoms with Crippen LogP contribution in [0.4, 0.5) is 5.69 Å². The summed E-state index contributed by atoms with van der Waals surface area (Å²) in [4.78, 5) is 23.2. The summed E-state index contributed by atoms with van der Waals surface area (Å²) in [5, 5.41) is 2.65. The maximum absolute atomic E-state index is 12.2. The van der Waals surface area contributed by atoms with Crippen molar-refractivity contribution in [3.05, 3.63) is 72.3 Å². The third kappa shape index (κ3) is 4.75. The molecule has 25 heavy (non-hydrogen) atoms. The molecule has 130 valence electrons. The molecule has 0 spiro atoms. The predicted octanol–water partition coefficient (Wildman–Crippen LogP) is 1.50. The van der Waals surface area contributed by atoms with Gasteiger partial charge in [0.15, 0.2) is 0 Å². The van der Waals surface area contributed by atoms with Crippen LogP contribution in [0.3, 0.4) is 0 Å². The van der Waals surface area contributed by atoms with Gasteiger partial charge < -0.3 is 11.1 Å². The van der Waals surface area contributed by atoms with Crippen LogP contribution in [0, 0.1) is 0 Å². The summed E-state index contributed by atoms with van der Waals surface area (Å²) >= 11 is 0. The third-order valence-corrected chi connectivity index (χ3v) is 4.71. The van der Waals surface area contributed by atoms with Crippen molar-refractivity contribution in [2.75, 3.05) is 11.9 Å². The first-order chi connectivity index (χ1) is 11.8. The number of benzene rings is 2. The molecule has 2 amide bonds. The zero-order valence-electron chi connectivity index (χ0n) is 13.2. The molecular formula is C17H17N3O4S. The number of carbonyl (C=O) groups excluding carboxylic acids is 2. The van der Waals surface area contributed by atoms with Gasteiger partial charge in [-0.2, -0.15) is 0 Å². The zero-order chi connectivity index (χ0) is 18.4. The molecule has 0 saturated carbocycles. The van der Waals surface area contributed by atoms with Crippen LogP contribution in [0.1, 0.15) is 20.7 Å². The lowest BCUT2D eigenvalue weighted by Gasteiger charge is -2.08. The van der Waals surface area contributed by atoms with E-state index >= 15 is 0 Å². The summed E-state index contributed by atoms with van der Waals surface area (Å²) in [5.41, 5.74) is 6.26.